The molecule has 0 spiro atoms. The molecule has 130 valence electrons. The van der Waals surface area contributed by atoms with E-state index in [1.807, 2.05) is 20.8 Å². The van der Waals surface area contributed by atoms with Gasteiger partial charge in [-0.1, -0.05) is 32.1 Å². The second kappa shape index (κ2) is 6.03. The minimum Gasteiger partial charge on any atom is -0.296 e. The Morgan fingerprint density at radius 2 is 1.84 bits per heavy atom. The molecule has 3 rings (SSSR count). The minimum absolute atomic E-state index is 0.148. The number of nitrogens with one attached hydrogen (secondary N) is 1. The highest BCUT2D eigenvalue weighted by Gasteiger charge is 2.34. The van der Waals surface area contributed by atoms with E-state index in [9.17, 15) is 14.4 Å². The van der Waals surface area contributed by atoms with Crippen LogP contribution in [0.1, 0.15) is 63.8 Å². The largest absolute Gasteiger partial charge is 0.296 e. The van der Waals surface area contributed by atoms with Crippen LogP contribution in [0.5, 0.6) is 0 Å². The van der Waals surface area contributed by atoms with Gasteiger partial charge in [0.05, 0.1) is 11.1 Å². The smallest absolute Gasteiger partial charge is 0.261 e. The summed E-state index contributed by atoms with van der Waals surface area (Å²) in [5, 5.41) is 12.0. The Hall–Kier alpha value is -2.61. The summed E-state index contributed by atoms with van der Waals surface area (Å²) in [6, 6.07) is 4.50. The van der Waals surface area contributed by atoms with Crippen molar-refractivity contribution in [3.63, 3.8) is 0 Å². The van der Waals surface area contributed by atoms with Gasteiger partial charge in [0.25, 0.3) is 17.7 Å². The Balaban J connectivity index is 1.83. The van der Waals surface area contributed by atoms with Gasteiger partial charge in [-0.15, -0.1) is 10.2 Å². The summed E-state index contributed by atoms with van der Waals surface area (Å²) in [7, 11) is 0. The molecule has 8 heteroatoms. The molecule has 2 heterocycles. The molecule has 0 radical (unpaired) electrons. The number of carbonyl (C=O) groups excluding carboxylic acids is 3. The zero-order valence-corrected chi connectivity index (χ0v) is 15.2. The van der Waals surface area contributed by atoms with Gasteiger partial charge < -0.3 is 0 Å². The molecular weight excluding hydrogens is 340 g/mol. The second-order valence-corrected chi connectivity index (χ2v) is 7.71. The SMILES string of the molecule is CCN1C(=O)c2ccc(C(=O)Nc3nnc(C(C)(C)C)s3)cc2C1=O. The highest BCUT2D eigenvalue weighted by molar-refractivity contribution is 7.15. The lowest BCUT2D eigenvalue weighted by Gasteiger charge is -2.12. The van der Waals surface area contributed by atoms with Crippen molar-refractivity contribution in [3.05, 3.63) is 39.9 Å². The molecule has 1 aromatic heterocycles. The fourth-order valence-corrected chi connectivity index (χ4v) is 3.26. The lowest BCUT2D eigenvalue weighted by atomic mass is 9.98. The van der Waals surface area contributed by atoms with E-state index < -0.39 is 5.91 Å². The fourth-order valence-electron chi connectivity index (χ4n) is 2.47. The van der Waals surface area contributed by atoms with Crippen molar-refractivity contribution in [2.24, 2.45) is 0 Å². The first-order valence-corrected chi connectivity index (χ1v) is 8.69. The van der Waals surface area contributed by atoms with E-state index in [0.717, 1.165) is 9.91 Å². The summed E-state index contributed by atoms with van der Waals surface area (Å²) in [4.78, 5) is 37.9. The summed E-state index contributed by atoms with van der Waals surface area (Å²) in [5.41, 5.74) is 0.733. The standard InChI is InChI=1S/C17H18N4O3S/c1-5-21-13(23)10-7-6-9(8-11(10)14(21)24)12(22)18-16-20-19-15(25-16)17(2,3)4/h6-8H,5H2,1-4H3,(H,18,20,22). The first kappa shape index (κ1) is 17.2. The number of anilines is 1. The third kappa shape index (κ3) is 3.05. The van der Waals surface area contributed by atoms with Gasteiger partial charge in [0, 0.05) is 17.5 Å². The van der Waals surface area contributed by atoms with Gasteiger partial charge >= 0.3 is 0 Å². The molecule has 0 saturated carbocycles. The topological polar surface area (TPSA) is 92.3 Å². The number of aromatic nitrogens is 2. The number of amides is 3. The molecule has 1 aliphatic rings. The molecule has 1 N–H and O–H groups in total. The third-order valence-corrected chi connectivity index (χ3v) is 5.10. The van der Waals surface area contributed by atoms with Crippen LogP contribution in [0.2, 0.25) is 0 Å². The van der Waals surface area contributed by atoms with Crippen molar-refractivity contribution in [2.45, 2.75) is 33.1 Å². The van der Waals surface area contributed by atoms with E-state index >= 15 is 0 Å². The summed E-state index contributed by atoms with van der Waals surface area (Å²) in [6.07, 6.45) is 0. The molecule has 0 unspecified atom stereocenters. The minimum atomic E-state index is -0.394. The number of benzene rings is 1. The predicted octanol–water partition coefficient (Wildman–Crippen LogP) is 2.70. The normalized spacial score (nSPS) is 14.0. The lowest BCUT2D eigenvalue weighted by Crippen LogP contribution is -2.29. The third-order valence-electron chi connectivity index (χ3n) is 3.84. The maximum absolute atomic E-state index is 12.4. The van der Waals surface area contributed by atoms with Crippen LogP contribution < -0.4 is 5.32 Å². The van der Waals surface area contributed by atoms with E-state index in [1.165, 1.54) is 29.5 Å². The van der Waals surface area contributed by atoms with Gasteiger partial charge in [0.1, 0.15) is 5.01 Å². The Morgan fingerprint density at radius 3 is 2.44 bits per heavy atom. The molecule has 2 aromatic rings. The molecule has 1 aromatic carbocycles. The molecule has 0 bridgehead atoms. The van der Waals surface area contributed by atoms with Crippen LogP contribution in [0.4, 0.5) is 5.13 Å². The molecule has 0 aliphatic carbocycles. The Bertz CT molecular complexity index is 882. The number of rotatable bonds is 3. The van der Waals surface area contributed by atoms with Gasteiger partial charge in [0.15, 0.2) is 0 Å². The Labute approximate surface area is 149 Å². The Morgan fingerprint density at radius 1 is 1.16 bits per heavy atom. The van der Waals surface area contributed by atoms with Gasteiger partial charge in [0.2, 0.25) is 5.13 Å². The van der Waals surface area contributed by atoms with Crippen molar-refractivity contribution in [1.29, 1.82) is 0 Å². The van der Waals surface area contributed by atoms with Gasteiger partial charge in [-0.2, -0.15) is 0 Å². The number of hydrogen-bond acceptors (Lipinski definition) is 6. The van der Waals surface area contributed by atoms with Crippen LogP contribution in [0, 0.1) is 0 Å². The maximum atomic E-state index is 12.4. The van der Waals surface area contributed by atoms with Gasteiger partial charge in [-0.25, -0.2) is 0 Å². The second-order valence-electron chi connectivity index (χ2n) is 6.73. The number of nitrogens with zero attached hydrogens (tertiary/aromatic N) is 3. The zero-order valence-electron chi connectivity index (χ0n) is 14.4. The summed E-state index contributed by atoms with van der Waals surface area (Å²) >= 11 is 1.31. The molecular formula is C17H18N4O3S. The first-order chi connectivity index (χ1) is 11.7. The molecule has 7 nitrogen and oxygen atoms in total. The average Bonchev–Trinajstić information content (AvgIpc) is 3.11. The van der Waals surface area contributed by atoms with Crippen molar-refractivity contribution in [2.75, 3.05) is 11.9 Å². The first-order valence-electron chi connectivity index (χ1n) is 7.88. The van der Waals surface area contributed by atoms with E-state index in [-0.39, 0.29) is 22.8 Å². The van der Waals surface area contributed by atoms with Crippen LogP contribution in [-0.2, 0) is 5.41 Å². The molecule has 1 aliphatic heterocycles. The number of imide groups is 1. The zero-order chi connectivity index (χ0) is 18.4. The highest BCUT2D eigenvalue weighted by atomic mass is 32.1. The number of fused-ring (bicyclic) bond motifs is 1. The van der Waals surface area contributed by atoms with Crippen molar-refractivity contribution >= 4 is 34.2 Å². The highest BCUT2D eigenvalue weighted by Crippen LogP contribution is 2.28. The number of carbonyl (C=O) groups is 3. The molecule has 0 saturated heterocycles. The van der Waals surface area contributed by atoms with E-state index in [4.69, 9.17) is 0 Å². The fraction of sp³-hybridized carbons (Fsp3) is 0.353. The van der Waals surface area contributed by atoms with Crippen LogP contribution in [-0.4, -0.2) is 39.4 Å². The lowest BCUT2D eigenvalue weighted by molar-refractivity contribution is 0.0662. The maximum Gasteiger partial charge on any atom is 0.261 e. The Kier molecular flexibility index (Phi) is 4.16. The van der Waals surface area contributed by atoms with Crippen LogP contribution in [0.3, 0.4) is 0 Å². The van der Waals surface area contributed by atoms with E-state index in [2.05, 4.69) is 15.5 Å². The van der Waals surface area contributed by atoms with Crippen molar-refractivity contribution < 1.29 is 14.4 Å². The average molecular weight is 358 g/mol. The summed E-state index contributed by atoms with van der Waals surface area (Å²) < 4.78 is 0. The molecule has 25 heavy (non-hydrogen) atoms. The molecule has 0 fully saturated rings. The summed E-state index contributed by atoms with van der Waals surface area (Å²) in [5.74, 6) is -1.09. The van der Waals surface area contributed by atoms with Crippen LogP contribution in [0.15, 0.2) is 18.2 Å². The van der Waals surface area contributed by atoms with E-state index in [1.54, 1.807) is 6.92 Å². The van der Waals surface area contributed by atoms with Crippen molar-refractivity contribution in [3.8, 4) is 0 Å². The molecule has 0 atom stereocenters. The van der Waals surface area contributed by atoms with Crippen molar-refractivity contribution in [1.82, 2.24) is 15.1 Å². The van der Waals surface area contributed by atoms with Gasteiger partial charge in [-0.3, -0.25) is 24.6 Å². The monoisotopic (exact) mass is 358 g/mol. The quantitative estimate of drug-likeness (QED) is 0.852. The van der Waals surface area contributed by atoms with Crippen LogP contribution >= 0.6 is 11.3 Å². The molecule has 3 amide bonds. The van der Waals surface area contributed by atoms with Crippen LogP contribution in [0.25, 0.3) is 0 Å². The van der Waals surface area contributed by atoms with E-state index in [0.29, 0.717) is 22.8 Å². The predicted molar refractivity (Wildman–Crippen MR) is 94.0 cm³/mol. The van der Waals surface area contributed by atoms with Gasteiger partial charge in [-0.05, 0) is 25.1 Å². The summed E-state index contributed by atoms with van der Waals surface area (Å²) in [6.45, 7) is 8.08. The number of hydrogen-bond donors (Lipinski definition) is 1.